The van der Waals surface area contributed by atoms with Crippen LogP contribution in [0.1, 0.15) is 53.9 Å². The summed E-state index contributed by atoms with van der Waals surface area (Å²) in [5, 5.41) is -1.34. The number of rotatable bonds is 9. The third-order valence-corrected chi connectivity index (χ3v) is 7.12. The largest absolute Gasteiger partial charge is 0.381 e. The summed E-state index contributed by atoms with van der Waals surface area (Å²) in [4.78, 5) is 10.6. The Hall–Kier alpha value is 0.120. The highest BCUT2D eigenvalue weighted by Gasteiger charge is 2.48. The highest BCUT2D eigenvalue weighted by atomic mass is 31.2. The van der Waals surface area contributed by atoms with Crippen LogP contribution in [0.2, 0.25) is 0 Å². The quantitative estimate of drug-likeness (QED) is 0.454. The van der Waals surface area contributed by atoms with Gasteiger partial charge in [-0.1, -0.05) is 6.92 Å². The molecule has 7 unspecified atom stereocenters. The third kappa shape index (κ3) is 6.05. The van der Waals surface area contributed by atoms with E-state index in [9.17, 15) is 9.46 Å². The second-order valence-corrected chi connectivity index (χ2v) is 10.9. The fourth-order valence-corrected chi connectivity index (χ4v) is 4.66. The van der Waals surface area contributed by atoms with Crippen molar-refractivity contribution in [3.63, 3.8) is 0 Å². The lowest BCUT2D eigenvalue weighted by Gasteiger charge is -2.34. The Morgan fingerprint density at radius 1 is 1.15 bits per heavy atom. The second kappa shape index (κ2) is 9.29. The summed E-state index contributed by atoms with van der Waals surface area (Å²) in [5.74, 6) is 0. The lowest BCUT2D eigenvalue weighted by atomic mass is 9.95. The Morgan fingerprint density at radius 2 is 1.70 bits per heavy atom. The molecule has 27 heavy (non-hydrogen) atoms. The van der Waals surface area contributed by atoms with Gasteiger partial charge < -0.3 is 28.4 Å². The summed E-state index contributed by atoms with van der Waals surface area (Å²) < 4.78 is 42.0. The Kier molecular flexibility index (Phi) is 8.05. The van der Waals surface area contributed by atoms with Crippen molar-refractivity contribution < 1.29 is 32.9 Å². The number of hydrogen-bond donors (Lipinski definition) is 1. The van der Waals surface area contributed by atoms with E-state index in [1.807, 2.05) is 36.5 Å². The normalized spacial score (nSPS) is 37.0. The molecule has 10 heteroatoms. The Bertz CT molecular complexity index is 533. The van der Waals surface area contributed by atoms with Gasteiger partial charge in [-0.05, 0) is 47.0 Å². The summed E-state index contributed by atoms with van der Waals surface area (Å²) >= 11 is 0. The van der Waals surface area contributed by atoms with Crippen molar-refractivity contribution in [2.75, 3.05) is 6.61 Å². The molecule has 2 fully saturated rings. The van der Waals surface area contributed by atoms with E-state index in [4.69, 9.17) is 23.5 Å². The van der Waals surface area contributed by atoms with Crippen molar-refractivity contribution in [2.24, 2.45) is 0 Å². The standard InChI is InChI=1S/C17H35B2O7P/c1-6-11-13(8-16(19)24-11)26-17(4,5)27(20,21)22-9-14-12(23-10(2)3)7-15(18)25-14/h10-16H,6-9,18-19H2,1-5H3,(H,20,21). The monoisotopic (exact) mass is 404 g/mol. The Balaban J connectivity index is 1.96. The zero-order chi connectivity index (χ0) is 20.4. The van der Waals surface area contributed by atoms with Gasteiger partial charge in [0.15, 0.2) is 5.34 Å². The van der Waals surface area contributed by atoms with Crippen molar-refractivity contribution in [3.05, 3.63) is 0 Å². The third-order valence-electron chi connectivity index (χ3n) is 5.16. The Labute approximate surface area is 165 Å². The molecule has 0 aromatic rings. The van der Waals surface area contributed by atoms with Crippen molar-refractivity contribution in [1.82, 2.24) is 0 Å². The van der Waals surface area contributed by atoms with Crippen molar-refractivity contribution >= 4 is 23.3 Å². The maximum Gasteiger partial charge on any atom is 0.359 e. The Morgan fingerprint density at radius 3 is 2.26 bits per heavy atom. The van der Waals surface area contributed by atoms with Gasteiger partial charge in [0.2, 0.25) is 0 Å². The molecule has 0 aliphatic carbocycles. The van der Waals surface area contributed by atoms with Crippen LogP contribution >= 0.6 is 7.60 Å². The summed E-state index contributed by atoms with van der Waals surface area (Å²) in [7, 11) is -0.0966. The summed E-state index contributed by atoms with van der Waals surface area (Å²) in [6.45, 7) is 9.15. The summed E-state index contributed by atoms with van der Waals surface area (Å²) in [5.41, 5.74) is 0. The van der Waals surface area contributed by atoms with Crippen LogP contribution < -0.4 is 0 Å². The summed E-state index contributed by atoms with van der Waals surface area (Å²) in [6.07, 6.45) is 1.51. The fourth-order valence-electron chi connectivity index (χ4n) is 3.73. The van der Waals surface area contributed by atoms with Crippen molar-refractivity contribution in [1.29, 1.82) is 0 Å². The van der Waals surface area contributed by atoms with Gasteiger partial charge in [0.25, 0.3) is 0 Å². The van der Waals surface area contributed by atoms with Gasteiger partial charge in [-0.2, -0.15) is 0 Å². The van der Waals surface area contributed by atoms with Gasteiger partial charge in [-0.25, -0.2) is 0 Å². The zero-order valence-corrected chi connectivity index (χ0v) is 18.6. The highest BCUT2D eigenvalue weighted by molar-refractivity contribution is 7.54. The lowest BCUT2D eigenvalue weighted by molar-refractivity contribution is -0.0787. The molecule has 0 amide bonds. The molecule has 0 spiro atoms. The topological polar surface area (TPSA) is 83.5 Å². The van der Waals surface area contributed by atoms with E-state index in [0.717, 1.165) is 12.8 Å². The lowest BCUT2D eigenvalue weighted by Crippen LogP contribution is -2.37. The molecule has 0 bridgehead atoms. The molecule has 2 rings (SSSR count). The molecule has 0 aromatic carbocycles. The highest BCUT2D eigenvalue weighted by Crippen LogP contribution is 2.57. The maximum absolute atomic E-state index is 12.9. The molecule has 2 aliphatic rings. The molecule has 1 N–H and O–H groups in total. The van der Waals surface area contributed by atoms with E-state index in [0.29, 0.717) is 6.42 Å². The molecule has 7 nitrogen and oxygen atoms in total. The fraction of sp³-hybridized carbons (Fsp3) is 1.00. The van der Waals surface area contributed by atoms with Gasteiger partial charge in [0.05, 0.1) is 31.0 Å². The molecule has 7 atom stereocenters. The first-order chi connectivity index (χ1) is 12.4. The van der Waals surface area contributed by atoms with E-state index >= 15 is 0 Å². The van der Waals surface area contributed by atoms with E-state index in [1.165, 1.54) is 0 Å². The maximum atomic E-state index is 12.9. The minimum absolute atomic E-state index is 0.00291. The first kappa shape index (κ1) is 23.4. The van der Waals surface area contributed by atoms with E-state index < -0.39 is 12.9 Å². The average Bonchev–Trinajstić information content (AvgIpc) is 3.06. The molecular weight excluding hydrogens is 369 g/mol. The first-order valence-corrected chi connectivity index (χ1v) is 11.6. The van der Waals surface area contributed by atoms with Crippen molar-refractivity contribution in [3.8, 4) is 0 Å². The molecular formula is C17H35B2O7P. The molecule has 2 saturated heterocycles. The van der Waals surface area contributed by atoms with Gasteiger partial charge >= 0.3 is 7.60 Å². The minimum atomic E-state index is -4.05. The predicted molar refractivity (Wildman–Crippen MR) is 109 cm³/mol. The van der Waals surface area contributed by atoms with Crippen LogP contribution in [-0.4, -0.2) is 75.1 Å². The smallest absolute Gasteiger partial charge is 0.359 e. The second-order valence-electron chi connectivity index (χ2n) is 8.49. The van der Waals surface area contributed by atoms with Crippen LogP contribution in [0.3, 0.4) is 0 Å². The van der Waals surface area contributed by atoms with Crippen LogP contribution in [0.25, 0.3) is 0 Å². The van der Waals surface area contributed by atoms with E-state index in [2.05, 4.69) is 0 Å². The zero-order valence-electron chi connectivity index (χ0n) is 17.7. The van der Waals surface area contributed by atoms with Crippen molar-refractivity contribution in [2.45, 2.75) is 102 Å². The molecule has 0 saturated carbocycles. The van der Waals surface area contributed by atoms with Crippen LogP contribution in [0.4, 0.5) is 0 Å². The van der Waals surface area contributed by atoms with E-state index in [1.54, 1.807) is 13.8 Å². The van der Waals surface area contributed by atoms with Crippen LogP contribution in [0, 0.1) is 0 Å². The predicted octanol–water partition coefficient (Wildman–Crippen LogP) is 1.01. The van der Waals surface area contributed by atoms with Crippen LogP contribution in [0.5, 0.6) is 0 Å². The van der Waals surface area contributed by atoms with E-state index in [-0.39, 0.29) is 49.1 Å². The minimum Gasteiger partial charge on any atom is -0.381 e. The van der Waals surface area contributed by atoms with Crippen LogP contribution in [0.15, 0.2) is 0 Å². The SMILES string of the molecule is BC1CC(OC(C)C)C(COP(=O)(O)C(C)(C)OC2CC(B)OC2CC)O1. The molecule has 0 aromatic heterocycles. The molecule has 2 aliphatic heterocycles. The first-order valence-electron chi connectivity index (χ1n) is 10.1. The summed E-state index contributed by atoms with van der Waals surface area (Å²) in [6, 6.07) is 0.115. The number of hydrogen-bond acceptors (Lipinski definition) is 6. The van der Waals surface area contributed by atoms with Gasteiger partial charge in [-0.3, -0.25) is 4.57 Å². The van der Waals surface area contributed by atoms with Gasteiger partial charge in [0.1, 0.15) is 21.8 Å². The molecule has 0 radical (unpaired) electrons. The average molecular weight is 404 g/mol. The number of ether oxygens (including phenoxy) is 4. The van der Waals surface area contributed by atoms with Crippen LogP contribution in [-0.2, 0) is 28.0 Å². The van der Waals surface area contributed by atoms with Gasteiger partial charge in [-0.15, -0.1) is 0 Å². The molecule has 2 heterocycles. The van der Waals surface area contributed by atoms with Gasteiger partial charge in [0, 0.05) is 12.0 Å². The molecule has 156 valence electrons.